The summed E-state index contributed by atoms with van der Waals surface area (Å²) in [5.74, 6) is -3.63. The third kappa shape index (κ3) is 3.72. The molecular formula is C13H11BrN4O5. The molecule has 1 aromatic carbocycles. The Morgan fingerprint density at radius 1 is 1.26 bits per heavy atom. The Hall–Kier alpha value is -2.75. The van der Waals surface area contributed by atoms with Crippen LogP contribution in [0.1, 0.15) is 26.5 Å². The van der Waals surface area contributed by atoms with E-state index in [1.54, 1.807) is 18.2 Å². The number of benzene rings is 1. The van der Waals surface area contributed by atoms with E-state index in [9.17, 15) is 14.4 Å². The van der Waals surface area contributed by atoms with Crippen molar-refractivity contribution in [1.29, 1.82) is 0 Å². The molecule has 0 atom stereocenters. The minimum Gasteiger partial charge on any atom is -0.476 e. The van der Waals surface area contributed by atoms with E-state index in [1.807, 2.05) is 6.92 Å². The Balaban J connectivity index is 2.20. The highest BCUT2D eigenvalue weighted by molar-refractivity contribution is 9.10. The van der Waals surface area contributed by atoms with Crippen LogP contribution in [0.2, 0.25) is 0 Å². The van der Waals surface area contributed by atoms with Gasteiger partial charge in [-0.2, -0.15) is 0 Å². The number of carboxylic acids is 2. The van der Waals surface area contributed by atoms with Crippen LogP contribution in [0, 0.1) is 6.92 Å². The minimum absolute atomic E-state index is 0.484. The summed E-state index contributed by atoms with van der Waals surface area (Å²) in [5.41, 5.74) is 0.110. The van der Waals surface area contributed by atoms with Crippen molar-refractivity contribution in [3.05, 3.63) is 39.6 Å². The molecule has 0 aliphatic rings. The van der Waals surface area contributed by atoms with E-state index < -0.39 is 35.8 Å². The molecule has 3 N–H and O–H groups in total. The van der Waals surface area contributed by atoms with E-state index in [2.05, 4.69) is 31.6 Å². The van der Waals surface area contributed by atoms with Gasteiger partial charge in [-0.1, -0.05) is 11.3 Å². The van der Waals surface area contributed by atoms with Crippen molar-refractivity contribution in [2.75, 3.05) is 5.32 Å². The molecule has 0 saturated carbocycles. The molecule has 9 nitrogen and oxygen atoms in total. The van der Waals surface area contributed by atoms with Gasteiger partial charge < -0.3 is 15.5 Å². The van der Waals surface area contributed by atoms with Gasteiger partial charge in [-0.15, -0.1) is 5.10 Å². The number of carboxylic acid groups (broad SMARTS) is 2. The summed E-state index contributed by atoms with van der Waals surface area (Å²) in [6, 6.07) is 5.27. The standard InChI is InChI=1S/C13H11BrN4O5/c1-6-2-3-8(7(14)4-6)15-9(19)5-18-11(13(22)23)10(12(20)21)16-17-18/h2-4H,5H2,1H3,(H,15,19)(H,20,21)(H,22,23). The maximum atomic E-state index is 12.0. The van der Waals surface area contributed by atoms with Crippen molar-refractivity contribution in [3.63, 3.8) is 0 Å². The molecule has 0 radical (unpaired) electrons. The molecule has 0 aliphatic carbocycles. The van der Waals surface area contributed by atoms with Crippen LogP contribution in [0.3, 0.4) is 0 Å². The van der Waals surface area contributed by atoms with Crippen LogP contribution >= 0.6 is 15.9 Å². The predicted octanol–water partition coefficient (Wildman–Crippen LogP) is 1.38. The molecule has 120 valence electrons. The molecule has 23 heavy (non-hydrogen) atoms. The fourth-order valence-corrected chi connectivity index (χ4v) is 2.42. The second-order valence-electron chi connectivity index (χ2n) is 4.59. The minimum atomic E-state index is -1.53. The number of nitrogens with zero attached hydrogens (tertiary/aromatic N) is 3. The Morgan fingerprint density at radius 2 is 1.96 bits per heavy atom. The van der Waals surface area contributed by atoms with Gasteiger partial charge in [-0.3, -0.25) is 4.79 Å². The number of aromatic nitrogens is 3. The average Bonchev–Trinajstić information content (AvgIpc) is 2.86. The number of aryl methyl sites for hydroxylation is 1. The number of nitrogens with one attached hydrogen (secondary N) is 1. The molecule has 0 unspecified atom stereocenters. The van der Waals surface area contributed by atoms with Crippen molar-refractivity contribution in [1.82, 2.24) is 15.0 Å². The van der Waals surface area contributed by atoms with Gasteiger partial charge in [0.15, 0.2) is 5.69 Å². The van der Waals surface area contributed by atoms with E-state index in [1.165, 1.54) is 0 Å². The fourth-order valence-electron chi connectivity index (χ4n) is 1.83. The highest BCUT2D eigenvalue weighted by Crippen LogP contribution is 2.23. The Bertz CT molecular complexity index is 802. The van der Waals surface area contributed by atoms with Gasteiger partial charge in [-0.05, 0) is 40.5 Å². The second kappa shape index (κ2) is 6.57. The number of hydrogen-bond acceptors (Lipinski definition) is 5. The third-order valence-corrected chi connectivity index (χ3v) is 3.49. The largest absolute Gasteiger partial charge is 0.476 e. The van der Waals surface area contributed by atoms with Crippen LogP contribution in [-0.2, 0) is 11.3 Å². The first-order chi connectivity index (χ1) is 10.8. The van der Waals surface area contributed by atoms with E-state index in [-0.39, 0.29) is 0 Å². The number of halogens is 1. The molecule has 0 saturated heterocycles. The van der Waals surface area contributed by atoms with Crippen LogP contribution in [0.4, 0.5) is 5.69 Å². The summed E-state index contributed by atoms with van der Waals surface area (Å²) >= 11 is 3.30. The predicted molar refractivity (Wildman–Crippen MR) is 81.4 cm³/mol. The molecule has 0 aliphatic heterocycles. The molecule has 2 aromatic rings. The monoisotopic (exact) mass is 382 g/mol. The molecule has 0 bridgehead atoms. The number of rotatable bonds is 5. The summed E-state index contributed by atoms with van der Waals surface area (Å²) < 4.78 is 1.39. The van der Waals surface area contributed by atoms with Gasteiger partial charge in [0.2, 0.25) is 11.6 Å². The highest BCUT2D eigenvalue weighted by Gasteiger charge is 2.25. The maximum absolute atomic E-state index is 12.0. The van der Waals surface area contributed by atoms with Crippen LogP contribution in [0.15, 0.2) is 22.7 Å². The number of carbonyl (C=O) groups is 3. The lowest BCUT2D eigenvalue weighted by molar-refractivity contribution is -0.116. The second-order valence-corrected chi connectivity index (χ2v) is 5.44. The molecule has 1 amide bonds. The van der Waals surface area contributed by atoms with Crippen LogP contribution in [0.5, 0.6) is 0 Å². The summed E-state index contributed by atoms with van der Waals surface area (Å²) in [7, 11) is 0. The lowest BCUT2D eigenvalue weighted by atomic mass is 10.2. The molecule has 10 heteroatoms. The summed E-state index contributed by atoms with van der Waals surface area (Å²) in [6.45, 7) is 1.40. The lowest BCUT2D eigenvalue weighted by Crippen LogP contribution is -2.23. The topological polar surface area (TPSA) is 134 Å². The Morgan fingerprint density at radius 3 is 2.52 bits per heavy atom. The van der Waals surface area contributed by atoms with Crippen molar-refractivity contribution < 1.29 is 24.6 Å². The van der Waals surface area contributed by atoms with Crippen LogP contribution < -0.4 is 5.32 Å². The molecular weight excluding hydrogens is 372 g/mol. The summed E-state index contributed by atoms with van der Waals surface area (Å²) in [4.78, 5) is 34.1. The van der Waals surface area contributed by atoms with Gasteiger partial charge >= 0.3 is 11.9 Å². The maximum Gasteiger partial charge on any atom is 0.359 e. The van der Waals surface area contributed by atoms with Crippen LogP contribution in [-0.4, -0.2) is 43.1 Å². The number of aromatic carboxylic acids is 2. The Labute approximate surface area is 138 Å². The van der Waals surface area contributed by atoms with Gasteiger partial charge in [0, 0.05) is 4.47 Å². The molecule has 0 spiro atoms. The van der Waals surface area contributed by atoms with E-state index >= 15 is 0 Å². The van der Waals surface area contributed by atoms with Gasteiger partial charge in [-0.25, -0.2) is 14.3 Å². The fraction of sp³-hybridized carbons (Fsp3) is 0.154. The van der Waals surface area contributed by atoms with Gasteiger partial charge in [0.25, 0.3) is 0 Å². The van der Waals surface area contributed by atoms with E-state index in [4.69, 9.17) is 10.2 Å². The first kappa shape index (κ1) is 16.6. The lowest BCUT2D eigenvalue weighted by Gasteiger charge is -2.08. The van der Waals surface area contributed by atoms with Gasteiger partial charge in [0.1, 0.15) is 6.54 Å². The van der Waals surface area contributed by atoms with Crippen LogP contribution in [0.25, 0.3) is 0 Å². The van der Waals surface area contributed by atoms with E-state index in [0.717, 1.165) is 10.2 Å². The molecule has 0 fully saturated rings. The first-order valence-electron chi connectivity index (χ1n) is 6.25. The molecule has 1 heterocycles. The third-order valence-electron chi connectivity index (χ3n) is 2.83. The SMILES string of the molecule is Cc1ccc(NC(=O)Cn2nnc(C(=O)O)c2C(=O)O)c(Br)c1. The zero-order chi connectivity index (χ0) is 17.1. The number of anilines is 1. The Kier molecular flexibility index (Phi) is 4.74. The summed E-state index contributed by atoms with van der Waals surface area (Å²) in [5, 5.41) is 27.2. The smallest absolute Gasteiger partial charge is 0.359 e. The van der Waals surface area contributed by atoms with Crippen molar-refractivity contribution in [3.8, 4) is 0 Å². The average molecular weight is 383 g/mol. The van der Waals surface area contributed by atoms with Crippen molar-refractivity contribution in [2.45, 2.75) is 13.5 Å². The number of amides is 1. The number of carbonyl (C=O) groups excluding carboxylic acids is 1. The van der Waals surface area contributed by atoms with Crippen molar-refractivity contribution in [2.24, 2.45) is 0 Å². The molecule has 1 aromatic heterocycles. The highest BCUT2D eigenvalue weighted by atomic mass is 79.9. The zero-order valence-electron chi connectivity index (χ0n) is 11.8. The van der Waals surface area contributed by atoms with Gasteiger partial charge in [0.05, 0.1) is 5.69 Å². The van der Waals surface area contributed by atoms with Crippen molar-refractivity contribution >= 4 is 39.5 Å². The number of hydrogen-bond donors (Lipinski definition) is 3. The molecule has 2 rings (SSSR count). The normalized spacial score (nSPS) is 10.3. The quantitative estimate of drug-likeness (QED) is 0.710. The first-order valence-corrected chi connectivity index (χ1v) is 7.05. The summed E-state index contributed by atoms with van der Waals surface area (Å²) in [6.07, 6.45) is 0. The zero-order valence-corrected chi connectivity index (χ0v) is 13.4. The van der Waals surface area contributed by atoms with E-state index in [0.29, 0.717) is 10.2 Å².